The van der Waals surface area contributed by atoms with E-state index in [9.17, 15) is 0 Å². The van der Waals surface area contributed by atoms with Crippen molar-refractivity contribution in [1.82, 2.24) is 0 Å². The summed E-state index contributed by atoms with van der Waals surface area (Å²) in [7, 11) is 0. The first-order chi connectivity index (χ1) is 7.72. The topological polar surface area (TPSA) is 26.0 Å². The Hall–Kier alpha value is -1.08. The number of rotatable bonds is 0. The van der Waals surface area contributed by atoms with Gasteiger partial charge in [0.15, 0.2) is 0 Å². The van der Waals surface area contributed by atoms with Gasteiger partial charge in [0.2, 0.25) is 0 Å². The molecule has 0 unspecified atom stereocenters. The third kappa shape index (κ3) is 1.28. The van der Waals surface area contributed by atoms with Gasteiger partial charge in [-0.3, -0.25) is 0 Å². The third-order valence-electron chi connectivity index (χ3n) is 4.40. The van der Waals surface area contributed by atoms with Crippen LogP contribution < -0.4 is 5.73 Å². The quantitative estimate of drug-likeness (QED) is 0.657. The summed E-state index contributed by atoms with van der Waals surface area (Å²) in [5, 5.41) is 0. The van der Waals surface area contributed by atoms with Crippen LogP contribution in [0.2, 0.25) is 0 Å². The van der Waals surface area contributed by atoms with Gasteiger partial charge < -0.3 is 5.73 Å². The van der Waals surface area contributed by atoms with Crippen molar-refractivity contribution in [3.8, 4) is 0 Å². The predicted octanol–water partition coefficient (Wildman–Crippen LogP) is 3.31. The number of hydrogen-bond donors (Lipinski definition) is 1. The van der Waals surface area contributed by atoms with Crippen LogP contribution in [0.15, 0.2) is 36.4 Å². The van der Waals surface area contributed by atoms with Gasteiger partial charge in [-0.25, -0.2) is 0 Å². The van der Waals surface area contributed by atoms with Crippen LogP contribution >= 0.6 is 0 Å². The molecule has 1 heteroatoms. The zero-order valence-corrected chi connectivity index (χ0v) is 9.82. The van der Waals surface area contributed by atoms with Crippen molar-refractivity contribution in [3.63, 3.8) is 0 Å². The zero-order chi connectivity index (χ0) is 11.2. The van der Waals surface area contributed by atoms with E-state index in [1.54, 1.807) is 0 Å². The molecule has 0 saturated heterocycles. The molecule has 3 rings (SSSR count). The Kier molecular flexibility index (Phi) is 2.18. The average Bonchev–Trinajstić information content (AvgIpc) is 2.31. The van der Waals surface area contributed by atoms with Gasteiger partial charge in [-0.1, -0.05) is 43.3 Å². The maximum atomic E-state index is 6.69. The summed E-state index contributed by atoms with van der Waals surface area (Å²) in [6.45, 7) is 2.33. The second-order valence-corrected chi connectivity index (χ2v) is 5.37. The van der Waals surface area contributed by atoms with Crippen molar-refractivity contribution < 1.29 is 0 Å². The number of benzene rings is 1. The van der Waals surface area contributed by atoms with Crippen LogP contribution in [-0.4, -0.2) is 0 Å². The Morgan fingerprint density at radius 3 is 2.94 bits per heavy atom. The first kappa shape index (κ1) is 10.1. The predicted molar refractivity (Wildman–Crippen MR) is 67.2 cm³/mol. The number of fused-ring (bicyclic) bond motifs is 3. The summed E-state index contributed by atoms with van der Waals surface area (Å²) in [6, 6.07) is 8.75. The zero-order valence-electron chi connectivity index (χ0n) is 9.82. The number of allylic oxidation sites excluding steroid dienone is 1. The summed E-state index contributed by atoms with van der Waals surface area (Å²) < 4.78 is 0. The molecule has 0 aliphatic heterocycles. The molecule has 1 nitrogen and oxygen atoms in total. The minimum absolute atomic E-state index is 0.0994. The lowest BCUT2D eigenvalue weighted by Gasteiger charge is -2.46. The van der Waals surface area contributed by atoms with Crippen LogP contribution in [0, 0.1) is 5.92 Å². The second-order valence-electron chi connectivity index (χ2n) is 5.37. The van der Waals surface area contributed by atoms with Gasteiger partial charge in [0.1, 0.15) is 0 Å². The second kappa shape index (κ2) is 3.46. The van der Waals surface area contributed by atoms with Gasteiger partial charge >= 0.3 is 0 Å². The normalized spacial score (nSPS) is 36.6. The molecule has 2 aliphatic rings. The molecular formula is C15H19N. The molecule has 0 saturated carbocycles. The van der Waals surface area contributed by atoms with Gasteiger partial charge in [-0.05, 0) is 42.2 Å². The molecule has 0 amide bonds. The van der Waals surface area contributed by atoms with E-state index in [0.717, 1.165) is 12.8 Å². The maximum absolute atomic E-state index is 6.69. The monoisotopic (exact) mass is 213 g/mol. The smallest absolute Gasteiger partial charge is 0.0479 e. The van der Waals surface area contributed by atoms with E-state index in [-0.39, 0.29) is 5.54 Å². The minimum atomic E-state index is -0.0994. The summed E-state index contributed by atoms with van der Waals surface area (Å²) in [6.07, 6.45) is 7.94. The molecule has 0 fully saturated rings. The molecule has 0 aromatic heterocycles. The Labute approximate surface area is 97.4 Å². The van der Waals surface area contributed by atoms with E-state index in [0.29, 0.717) is 11.8 Å². The maximum Gasteiger partial charge on any atom is 0.0479 e. The first-order valence-electron chi connectivity index (χ1n) is 6.25. The highest BCUT2D eigenvalue weighted by Crippen LogP contribution is 2.48. The van der Waals surface area contributed by atoms with Crippen LogP contribution in [0.3, 0.4) is 0 Å². The minimum Gasteiger partial charge on any atom is -0.321 e. The largest absolute Gasteiger partial charge is 0.321 e. The molecule has 0 radical (unpaired) electrons. The highest BCUT2D eigenvalue weighted by atomic mass is 14.8. The average molecular weight is 213 g/mol. The summed E-state index contributed by atoms with van der Waals surface area (Å²) >= 11 is 0. The third-order valence-corrected chi connectivity index (χ3v) is 4.40. The highest BCUT2D eigenvalue weighted by molar-refractivity contribution is 5.40. The van der Waals surface area contributed by atoms with Crippen LogP contribution in [0.1, 0.15) is 43.2 Å². The molecule has 1 aromatic rings. The molecule has 0 spiro atoms. The molecule has 84 valence electrons. The van der Waals surface area contributed by atoms with Crippen LogP contribution in [0.25, 0.3) is 0 Å². The van der Waals surface area contributed by atoms with Gasteiger partial charge in [-0.15, -0.1) is 0 Å². The lowest BCUT2D eigenvalue weighted by molar-refractivity contribution is 0.217. The van der Waals surface area contributed by atoms with Crippen molar-refractivity contribution in [2.24, 2.45) is 11.7 Å². The van der Waals surface area contributed by atoms with Gasteiger partial charge in [0, 0.05) is 5.54 Å². The Morgan fingerprint density at radius 2 is 2.06 bits per heavy atom. The number of nitrogens with two attached hydrogens (primary N) is 1. The fourth-order valence-electron chi connectivity index (χ4n) is 3.46. The van der Waals surface area contributed by atoms with Crippen molar-refractivity contribution in [2.45, 2.75) is 37.6 Å². The van der Waals surface area contributed by atoms with Crippen LogP contribution in [0.5, 0.6) is 0 Å². The van der Waals surface area contributed by atoms with E-state index in [2.05, 4.69) is 43.3 Å². The van der Waals surface area contributed by atoms with Crippen molar-refractivity contribution >= 4 is 0 Å². The Bertz CT molecular complexity index is 435. The molecule has 1 aromatic carbocycles. The SMILES string of the molecule is C[C@@H]1C[C@H]2CC=CC[C@@]2(N)c2ccccc21. The molecule has 0 heterocycles. The summed E-state index contributed by atoms with van der Waals surface area (Å²) in [5.74, 6) is 1.28. The lowest BCUT2D eigenvalue weighted by Crippen LogP contribution is -2.48. The molecule has 16 heavy (non-hydrogen) atoms. The van der Waals surface area contributed by atoms with E-state index in [4.69, 9.17) is 5.73 Å². The van der Waals surface area contributed by atoms with Gasteiger partial charge in [-0.2, -0.15) is 0 Å². The molecular weight excluding hydrogens is 194 g/mol. The van der Waals surface area contributed by atoms with Crippen LogP contribution in [-0.2, 0) is 5.54 Å². The molecule has 2 aliphatic carbocycles. The molecule has 2 N–H and O–H groups in total. The number of hydrogen-bond acceptors (Lipinski definition) is 1. The highest BCUT2D eigenvalue weighted by Gasteiger charge is 2.42. The molecule has 3 atom stereocenters. The lowest BCUT2D eigenvalue weighted by atomic mass is 9.62. The first-order valence-corrected chi connectivity index (χ1v) is 6.25. The van der Waals surface area contributed by atoms with E-state index in [1.165, 1.54) is 17.5 Å². The standard InChI is InChI=1S/C15H19N/c1-11-10-12-6-4-5-9-15(12,16)14-8-3-2-7-13(11)14/h2-5,7-8,11-12H,6,9-10,16H2,1H3/t11-,12-,15+/m1/s1. The van der Waals surface area contributed by atoms with Crippen molar-refractivity contribution in [3.05, 3.63) is 47.5 Å². The summed E-state index contributed by atoms with van der Waals surface area (Å²) in [4.78, 5) is 0. The summed E-state index contributed by atoms with van der Waals surface area (Å²) in [5.41, 5.74) is 9.45. The van der Waals surface area contributed by atoms with Crippen molar-refractivity contribution in [2.75, 3.05) is 0 Å². The van der Waals surface area contributed by atoms with E-state index < -0.39 is 0 Å². The fourth-order valence-corrected chi connectivity index (χ4v) is 3.46. The van der Waals surface area contributed by atoms with Gasteiger partial charge in [0.25, 0.3) is 0 Å². The van der Waals surface area contributed by atoms with Gasteiger partial charge in [0.05, 0.1) is 0 Å². The Balaban J connectivity index is 2.16. The Morgan fingerprint density at radius 1 is 1.25 bits per heavy atom. The van der Waals surface area contributed by atoms with E-state index in [1.807, 2.05) is 0 Å². The fraction of sp³-hybridized carbons (Fsp3) is 0.467. The molecule has 0 bridgehead atoms. The van der Waals surface area contributed by atoms with Crippen molar-refractivity contribution in [1.29, 1.82) is 0 Å². The van der Waals surface area contributed by atoms with E-state index >= 15 is 0 Å². The van der Waals surface area contributed by atoms with Crippen LogP contribution in [0.4, 0.5) is 0 Å².